The zero-order chi connectivity index (χ0) is 13.9. The van der Waals surface area contributed by atoms with Gasteiger partial charge in [0.2, 0.25) is 0 Å². The molecule has 1 unspecified atom stereocenters. The first kappa shape index (κ1) is 15.8. The maximum absolute atomic E-state index is 5.71. The Bertz CT molecular complexity index is 362. The summed E-state index contributed by atoms with van der Waals surface area (Å²) in [7, 11) is 2.02. The topological polar surface area (TPSA) is 21.3 Å². The minimum Gasteiger partial charge on any atom is -0.494 e. The van der Waals surface area contributed by atoms with Gasteiger partial charge in [-0.05, 0) is 39.3 Å². The molecule has 0 amide bonds. The summed E-state index contributed by atoms with van der Waals surface area (Å²) in [5.41, 5.74) is 1.27. The standard InChI is InChI=1S/C17H27NO/c1-4-6-7-8-9-13-16(18-3)15-12-10-11-14-17(15)19-5-2/h4,10-12,14,16,18H,1,5-9,13H2,2-3H3. The minimum atomic E-state index is 0.381. The van der Waals surface area contributed by atoms with Crippen LogP contribution in [-0.2, 0) is 0 Å². The van der Waals surface area contributed by atoms with Crippen LogP contribution < -0.4 is 10.1 Å². The van der Waals surface area contributed by atoms with E-state index >= 15 is 0 Å². The van der Waals surface area contributed by atoms with Gasteiger partial charge in [-0.15, -0.1) is 6.58 Å². The summed E-state index contributed by atoms with van der Waals surface area (Å²) in [6.45, 7) is 6.50. The smallest absolute Gasteiger partial charge is 0.124 e. The molecule has 1 N–H and O–H groups in total. The fourth-order valence-electron chi connectivity index (χ4n) is 2.32. The molecule has 0 spiro atoms. The Morgan fingerprint density at radius 2 is 2.05 bits per heavy atom. The van der Waals surface area contributed by atoms with Gasteiger partial charge in [-0.1, -0.05) is 37.1 Å². The SMILES string of the molecule is C=CCCCCCC(NC)c1ccccc1OCC. The molecule has 0 aliphatic rings. The maximum Gasteiger partial charge on any atom is 0.124 e. The lowest BCUT2D eigenvalue weighted by atomic mass is 9.99. The van der Waals surface area contributed by atoms with Crippen LogP contribution in [-0.4, -0.2) is 13.7 Å². The van der Waals surface area contributed by atoms with Gasteiger partial charge in [-0.2, -0.15) is 0 Å². The van der Waals surface area contributed by atoms with Crippen LogP contribution in [0.15, 0.2) is 36.9 Å². The zero-order valence-corrected chi connectivity index (χ0v) is 12.3. The second-order valence-electron chi connectivity index (χ2n) is 4.74. The third-order valence-electron chi connectivity index (χ3n) is 3.34. The molecule has 0 heterocycles. The van der Waals surface area contributed by atoms with Crippen molar-refractivity contribution in [1.82, 2.24) is 5.32 Å². The third-order valence-corrected chi connectivity index (χ3v) is 3.34. The molecule has 0 aromatic heterocycles. The number of hydrogen-bond acceptors (Lipinski definition) is 2. The molecule has 19 heavy (non-hydrogen) atoms. The van der Waals surface area contributed by atoms with Crippen molar-refractivity contribution in [3.63, 3.8) is 0 Å². The predicted molar refractivity (Wildman–Crippen MR) is 82.7 cm³/mol. The van der Waals surface area contributed by atoms with Crippen LogP contribution in [0, 0.1) is 0 Å². The average molecular weight is 261 g/mol. The number of ether oxygens (including phenoxy) is 1. The van der Waals surface area contributed by atoms with E-state index in [0.29, 0.717) is 12.6 Å². The summed E-state index contributed by atoms with van der Waals surface area (Å²) >= 11 is 0. The Morgan fingerprint density at radius 1 is 1.26 bits per heavy atom. The van der Waals surface area contributed by atoms with E-state index in [4.69, 9.17) is 4.74 Å². The van der Waals surface area contributed by atoms with Crippen LogP contribution in [0.3, 0.4) is 0 Å². The largest absolute Gasteiger partial charge is 0.494 e. The van der Waals surface area contributed by atoms with Crippen LogP contribution in [0.4, 0.5) is 0 Å². The first-order valence-electron chi connectivity index (χ1n) is 7.33. The van der Waals surface area contributed by atoms with E-state index in [1.165, 1.54) is 24.8 Å². The molecular weight excluding hydrogens is 234 g/mol. The highest BCUT2D eigenvalue weighted by molar-refractivity contribution is 5.35. The second kappa shape index (κ2) is 9.62. The summed E-state index contributed by atoms with van der Waals surface area (Å²) in [4.78, 5) is 0. The van der Waals surface area contributed by atoms with Crippen molar-refractivity contribution in [3.8, 4) is 5.75 Å². The fraction of sp³-hybridized carbons (Fsp3) is 0.529. The van der Waals surface area contributed by atoms with Gasteiger partial charge >= 0.3 is 0 Å². The summed E-state index contributed by atoms with van der Waals surface area (Å²) in [5.74, 6) is 1.01. The number of hydrogen-bond donors (Lipinski definition) is 1. The molecule has 1 aromatic rings. The van der Waals surface area contributed by atoms with Crippen molar-refractivity contribution in [2.45, 2.75) is 45.1 Å². The van der Waals surface area contributed by atoms with E-state index in [1.54, 1.807) is 0 Å². The van der Waals surface area contributed by atoms with Gasteiger partial charge in [0, 0.05) is 11.6 Å². The predicted octanol–water partition coefficient (Wildman–Crippen LogP) is 4.48. The summed E-state index contributed by atoms with van der Waals surface area (Å²) in [6.07, 6.45) is 8.02. The second-order valence-corrected chi connectivity index (χ2v) is 4.74. The van der Waals surface area contributed by atoms with Gasteiger partial charge in [0.05, 0.1) is 6.61 Å². The minimum absolute atomic E-state index is 0.381. The molecule has 106 valence electrons. The van der Waals surface area contributed by atoms with Crippen molar-refractivity contribution in [3.05, 3.63) is 42.5 Å². The average Bonchev–Trinajstić information content (AvgIpc) is 2.44. The molecule has 0 radical (unpaired) electrons. The lowest BCUT2D eigenvalue weighted by molar-refractivity contribution is 0.330. The van der Waals surface area contributed by atoms with E-state index in [1.807, 2.05) is 26.1 Å². The Labute approximate surface area is 117 Å². The molecule has 1 rings (SSSR count). The first-order valence-corrected chi connectivity index (χ1v) is 7.33. The number of unbranched alkanes of at least 4 members (excludes halogenated alkanes) is 3. The van der Waals surface area contributed by atoms with Gasteiger partial charge in [0.15, 0.2) is 0 Å². The fourth-order valence-corrected chi connectivity index (χ4v) is 2.32. The van der Waals surface area contributed by atoms with Gasteiger partial charge in [0.1, 0.15) is 5.75 Å². The van der Waals surface area contributed by atoms with Crippen LogP contribution >= 0.6 is 0 Å². The van der Waals surface area contributed by atoms with Crippen molar-refractivity contribution < 1.29 is 4.74 Å². The summed E-state index contributed by atoms with van der Waals surface area (Å²) in [6, 6.07) is 8.72. The molecule has 0 fully saturated rings. The quantitative estimate of drug-likeness (QED) is 0.495. The molecule has 0 aliphatic carbocycles. The molecule has 2 heteroatoms. The molecule has 0 saturated carbocycles. The Balaban J connectivity index is 2.55. The molecular formula is C17H27NO. The highest BCUT2D eigenvalue weighted by Gasteiger charge is 2.13. The summed E-state index contributed by atoms with van der Waals surface area (Å²) in [5, 5.41) is 3.41. The molecule has 0 bridgehead atoms. The van der Waals surface area contributed by atoms with Gasteiger partial charge in [-0.25, -0.2) is 0 Å². The van der Waals surface area contributed by atoms with Crippen LogP contribution in [0.2, 0.25) is 0 Å². The van der Waals surface area contributed by atoms with E-state index in [9.17, 15) is 0 Å². The number of benzene rings is 1. The van der Waals surface area contributed by atoms with E-state index in [-0.39, 0.29) is 0 Å². The Kier molecular flexibility index (Phi) is 7.99. The highest BCUT2D eigenvalue weighted by atomic mass is 16.5. The van der Waals surface area contributed by atoms with Gasteiger partial charge in [0.25, 0.3) is 0 Å². The van der Waals surface area contributed by atoms with Crippen molar-refractivity contribution >= 4 is 0 Å². The lowest BCUT2D eigenvalue weighted by Crippen LogP contribution is -2.17. The summed E-state index contributed by atoms with van der Waals surface area (Å²) < 4.78 is 5.71. The number of allylic oxidation sites excluding steroid dienone is 1. The number of para-hydroxylation sites is 1. The lowest BCUT2D eigenvalue weighted by Gasteiger charge is -2.19. The molecule has 1 aromatic carbocycles. The van der Waals surface area contributed by atoms with Crippen LogP contribution in [0.25, 0.3) is 0 Å². The van der Waals surface area contributed by atoms with Gasteiger partial charge in [-0.3, -0.25) is 0 Å². The Morgan fingerprint density at radius 3 is 2.74 bits per heavy atom. The maximum atomic E-state index is 5.71. The molecule has 1 atom stereocenters. The third kappa shape index (κ3) is 5.48. The molecule has 0 saturated heterocycles. The number of nitrogens with one attached hydrogen (secondary N) is 1. The van der Waals surface area contributed by atoms with Crippen LogP contribution in [0.1, 0.15) is 50.6 Å². The van der Waals surface area contributed by atoms with E-state index in [2.05, 4.69) is 30.1 Å². The van der Waals surface area contributed by atoms with Crippen molar-refractivity contribution in [2.24, 2.45) is 0 Å². The van der Waals surface area contributed by atoms with E-state index < -0.39 is 0 Å². The van der Waals surface area contributed by atoms with Crippen LogP contribution in [0.5, 0.6) is 5.75 Å². The number of rotatable bonds is 10. The highest BCUT2D eigenvalue weighted by Crippen LogP contribution is 2.28. The molecule has 0 aliphatic heterocycles. The zero-order valence-electron chi connectivity index (χ0n) is 12.3. The first-order chi connectivity index (χ1) is 9.33. The monoisotopic (exact) mass is 261 g/mol. The Hall–Kier alpha value is -1.28. The normalized spacial score (nSPS) is 12.1. The van der Waals surface area contributed by atoms with E-state index in [0.717, 1.165) is 18.6 Å². The van der Waals surface area contributed by atoms with Crippen molar-refractivity contribution in [1.29, 1.82) is 0 Å². The van der Waals surface area contributed by atoms with Gasteiger partial charge < -0.3 is 10.1 Å². The molecule has 2 nitrogen and oxygen atoms in total. The van der Waals surface area contributed by atoms with Crippen molar-refractivity contribution in [2.75, 3.05) is 13.7 Å².